The fourth-order valence-corrected chi connectivity index (χ4v) is 4.15. The van der Waals surface area contributed by atoms with Gasteiger partial charge >= 0.3 is 5.97 Å². The van der Waals surface area contributed by atoms with Gasteiger partial charge in [0.15, 0.2) is 5.75 Å². The summed E-state index contributed by atoms with van der Waals surface area (Å²) >= 11 is 0. The summed E-state index contributed by atoms with van der Waals surface area (Å²) in [6.45, 7) is 5.53. The first kappa shape index (κ1) is 17.0. The van der Waals surface area contributed by atoms with Crippen molar-refractivity contribution in [1.82, 2.24) is 0 Å². The molecule has 0 aliphatic carbocycles. The van der Waals surface area contributed by atoms with Crippen LogP contribution in [0.25, 0.3) is 0 Å². The number of hydrogen-bond acceptors (Lipinski definition) is 5. The molecule has 0 saturated heterocycles. The molecular weight excluding hydrogens is 342 g/mol. The number of ether oxygens (including phenoxy) is 2. The minimum absolute atomic E-state index is 0.0338. The average Bonchev–Trinajstić information content (AvgIpc) is 2.59. The second-order valence-electron chi connectivity index (χ2n) is 5.64. The lowest BCUT2D eigenvalue weighted by atomic mass is 10.1. The monoisotopic (exact) mass is 359 g/mol. The normalized spacial score (nSPS) is 13.8. The van der Waals surface area contributed by atoms with Crippen LogP contribution in [0.15, 0.2) is 59.7 Å². The standard InChI is InChI=1S/C18H17NO5S/c1-12-5-4-6-15(9-12)25(21,22)19-11-13(2)24-17-8-7-14(10-16(17)19)18(20)23-3/h4-10H,2,11H2,1,3H3. The second-order valence-corrected chi connectivity index (χ2v) is 7.51. The zero-order valence-corrected chi connectivity index (χ0v) is 14.7. The number of esters is 1. The quantitative estimate of drug-likeness (QED) is 0.788. The van der Waals surface area contributed by atoms with Gasteiger partial charge in [0.05, 0.1) is 29.8 Å². The van der Waals surface area contributed by atoms with Gasteiger partial charge < -0.3 is 9.47 Å². The van der Waals surface area contributed by atoms with Crippen LogP contribution < -0.4 is 9.04 Å². The third-order valence-corrected chi connectivity index (χ3v) is 5.56. The Kier molecular flexibility index (Phi) is 4.26. The van der Waals surface area contributed by atoms with Gasteiger partial charge in [0.1, 0.15) is 5.76 Å². The number of hydrogen-bond donors (Lipinski definition) is 0. The number of carbonyl (C=O) groups excluding carboxylic acids is 1. The molecule has 0 unspecified atom stereocenters. The highest BCUT2D eigenvalue weighted by atomic mass is 32.2. The Morgan fingerprint density at radius 2 is 2.00 bits per heavy atom. The van der Waals surface area contributed by atoms with Crippen LogP contribution in [-0.4, -0.2) is 28.0 Å². The Labute approximate surface area is 146 Å². The smallest absolute Gasteiger partial charge is 0.337 e. The lowest BCUT2D eigenvalue weighted by molar-refractivity contribution is 0.0600. The van der Waals surface area contributed by atoms with Crippen LogP contribution >= 0.6 is 0 Å². The van der Waals surface area contributed by atoms with Crippen LogP contribution in [0.5, 0.6) is 5.75 Å². The van der Waals surface area contributed by atoms with Gasteiger partial charge in [0.2, 0.25) is 0 Å². The van der Waals surface area contributed by atoms with Crippen LogP contribution in [0.4, 0.5) is 5.69 Å². The van der Waals surface area contributed by atoms with E-state index in [2.05, 4.69) is 6.58 Å². The Balaban J connectivity index is 2.15. The number of nitrogens with zero attached hydrogens (tertiary/aromatic N) is 1. The summed E-state index contributed by atoms with van der Waals surface area (Å²) in [5.74, 6) is 0.0646. The molecule has 0 bridgehead atoms. The first-order chi connectivity index (χ1) is 11.8. The topological polar surface area (TPSA) is 72.9 Å². The number of anilines is 1. The first-order valence-electron chi connectivity index (χ1n) is 7.50. The Bertz CT molecular complexity index is 965. The summed E-state index contributed by atoms with van der Waals surface area (Å²) in [6, 6.07) is 11.1. The summed E-state index contributed by atoms with van der Waals surface area (Å²) in [6.07, 6.45) is 0. The molecule has 7 heteroatoms. The minimum Gasteiger partial charge on any atom is -0.465 e. The van der Waals surface area contributed by atoms with Crippen molar-refractivity contribution >= 4 is 21.7 Å². The highest BCUT2D eigenvalue weighted by molar-refractivity contribution is 7.92. The maximum Gasteiger partial charge on any atom is 0.337 e. The van der Waals surface area contributed by atoms with E-state index < -0.39 is 16.0 Å². The molecule has 1 aliphatic heterocycles. The highest BCUT2D eigenvalue weighted by Crippen LogP contribution is 2.38. The van der Waals surface area contributed by atoms with Gasteiger partial charge in [0.25, 0.3) is 10.0 Å². The van der Waals surface area contributed by atoms with Crippen LogP contribution in [0, 0.1) is 6.92 Å². The predicted octanol–water partition coefficient (Wildman–Crippen LogP) is 2.88. The predicted molar refractivity (Wildman–Crippen MR) is 93.3 cm³/mol. The maximum absolute atomic E-state index is 13.1. The van der Waals surface area contributed by atoms with Crippen molar-refractivity contribution in [3.05, 3.63) is 65.9 Å². The molecule has 0 aromatic heterocycles. The van der Waals surface area contributed by atoms with E-state index in [1.165, 1.54) is 35.7 Å². The number of methoxy groups -OCH3 is 1. The summed E-state index contributed by atoms with van der Waals surface area (Å²) in [4.78, 5) is 11.9. The third-order valence-electron chi connectivity index (χ3n) is 3.80. The molecular formula is C18H17NO5S. The lowest BCUT2D eigenvalue weighted by Gasteiger charge is -2.31. The largest absolute Gasteiger partial charge is 0.465 e. The SMILES string of the molecule is C=C1CN(S(=O)(=O)c2cccc(C)c2)c2cc(C(=O)OC)ccc2O1. The number of sulfonamides is 1. The number of rotatable bonds is 3. The van der Waals surface area contributed by atoms with Crippen LogP contribution in [-0.2, 0) is 14.8 Å². The number of fused-ring (bicyclic) bond motifs is 1. The summed E-state index contributed by atoms with van der Waals surface area (Å²) in [5, 5.41) is 0. The van der Waals surface area contributed by atoms with E-state index in [4.69, 9.17) is 9.47 Å². The van der Waals surface area contributed by atoms with E-state index in [0.29, 0.717) is 11.5 Å². The number of carbonyl (C=O) groups is 1. The van der Waals surface area contributed by atoms with Crippen molar-refractivity contribution in [3.8, 4) is 5.75 Å². The Morgan fingerprint density at radius 1 is 1.24 bits per heavy atom. The molecule has 6 nitrogen and oxygen atoms in total. The Morgan fingerprint density at radius 3 is 2.68 bits per heavy atom. The molecule has 25 heavy (non-hydrogen) atoms. The molecule has 0 amide bonds. The molecule has 1 heterocycles. The molecule has 0 saturated carbocycles. The molecule has 0 N–H and O–H groups in total. The van der Waals surface area contributed by atoms with Crippen molar-refractivity contribution in [2.75, 3.05) is 18.0 Å². The van der Waals surface area contributed by atoms with E-state index in [0.717, 1.165) is 5.56 Å². The van der Waals surface area contributed by atoms with Gasteiger partial charge in [-0.05, 0) is 42.8 Å². The Hall–Kier alpha value is -2.80. The molecule has 0 spiro atoms. The maximum atomic E-state index is 13.1. The zero-order chi connectivity index (χ0) is 18.2. The average molecular weight is 359 g/mol. The van der Waals surface area contributed by atoms with Crippen molar-refractivity contribution in [2.24, 2.45) is 0 Å². The molecule has 2 aromatic rings. The van der Waals surface area contributed by atoms with E-state index in [1.54, 1.807) is 12.1 Å². The van der Waals surface area contributed by atoms with Gasteiger partial charge in [-0.2, -0.15) is 0 Å². The number of benzene rings is 2. The van der Waals surface area contributed by atoms with Crippen molar-refractivity contribution in [2.45, 2.75) is 11.8 Å². The number of aryl methyl sites for hydroxylation is 1. The summed E-state index contributed by atoms with van der Waals surface area (Å²) in [7, 11) is -2.57. The molecule has 0 radical (unpaired) electrons. The molecule has 3 rings (SSSR count). The molecule has 1 aliphatic rings. The van der Waals surface area contributed by atoms with E-state index in [-0.39, 0.29) is 22.7 Å². The highest BCUT2D eigenvalue weighted by Gasteiger charge is 2.32. The van der Waals surface area contributed by atoms with Gasteiger partial charge in [-0.15, -0.1) is 0 Å². The van der Waals surface area contributed by atoms with Crippen LogP contribution in [0.2, 0.25) is 0 Å². The molecule has 2 aromatic carbocycles. The van der Waals surface area contributed by atoms with Crippen molar-refractivity contribution < 1.29 is 22.7 Å². The van der Waals surface area contributed by atoms with E-state index in [1.807, 2.05) is 13.0 Å². The van der Waals surface area contributed by atoms with Gasteiger partial charge in [0, 0.05) is 0 Å². The third kappa shape index (κ3) is 3.10. The van der Waals surface area contributed by atoms with Gasteiger partial charge in [-0.3, -0.25) is 4.31 Å². The van der Waals surface area contributed by atoms with Gasteiger partial charge in [-0.25, -0.2) is 13.2 Å². The lowest BCUT2D eigenvalue weighted by Crippen LogP contribution is -2.36. The summed E-state index contributed by atoms with van der Waals surface area (Å²) in [5.41, 5.74) is 1.34. The zero-order valence-electron chi connectivity index (χ0n) is 13.9. The van der Waals surface area contributed by atoms with E-state index in [9.17, 15) is 13.2 Å². The fraction of sp³-hybridized carbons (Fsp3) is 0.167. The van der Waals surface area contributed by atoms with Crippen molar-refractivity contribution in [3.63, 3.8) is 0 Å². The van der Waals surface area contributed by atoms with Crippen molar-refractivity contribution in [1.29, 1.82) is 0 Å². The first-order valence-corrected chi connectivity index (χ1v) is 8.94. The molecule has 0 atom stereocenters. The molecule has 130 valence electrons. The fourth-order valence-electron chi connectivity index (χ4n) is 2.59. The van der Waals surface area contributed by atoms with Crippen LogP contribution in [0.1, 0.15) is 15.9 Å². The second kappa shape index (κ2) is 6.25. The summed E-state index contributed by atoms with van der Waals surface area (Å²) < 4.78 is 37.6. The van der Waals surface area contributed by atoms with Crippen LogP contribution in [0.3, 0.4) is 0 Å². The minimum atomic E-state index is -3.84. The molecule has 0 fully saturated rings. The van der Waals surface area contributed by atoms with Gasteiger partial charge in [-0.1, -0.05) is 18.7 Å². The van der Waals surface area contributed by atoms with E-state index >= 15 is 0 Å².